The van der Waals surface area contributed by atoms with Crippen molar-refractivity contribution in [2.45, 2.75) is 19.4 Å². The molecule has 0 radical (unpaired) electrons. The fourth-order valence-corrected chi connectivity index (χ4v) is 1.58. The van der Waals surface area contributed by atoms with E-state index < -0.39 is 4.92 Å². The van der Waals surface area contributed by atoms with Crippen LogP contribution in [0.3, 0.4) is 0 Å². The maximum absolute atomic E-state index is 10.8. The van der Waals surface area contributed by atoms with E-state index in [9.17, 15) is 10.1 Å². The lowest BCUT2D eigenvalue weighted by Crippen LogP contribution is -2.16. The number of halogens is 1. The highest BCUT2D eigenvalue weighted by Gasteiger charge is 2.15. The van der Waals surface area contributed by atoms with Crippen molar-refractivity contribution in [3.63, 3.8) is 0 Å². The molecule has 0 fully saturated rings. The Morgan fingerprint density at radius 1 is 1.69 bits per heavy atom. The van der Waals surface area contributed by atoms with E-state index >= 15 is 0 Å². The van der Waals surface area contributed by atoms with Crippen LogP contribution >= 0.6 is 15.9 Å². The summed E-state index contributed by atoms with van der Waals surface area (Å²) in [6, 6.07) is 4.63. The summed E-state index contributed by atoms with van der Waals surface area (Å²) < 4.78 is 0.665. The van der Waals surface area contributed by atoms with Crippen LogP contribution in [-0.2, 0) is 0 Å². The van der Waals surface area contributed by atoms with Crippen LogP contribution in [-0.4, -0.2) is 11.0 Å². The van der Waals surface area contributed by atoms with Crippen molar-refractivity contribution in [2.24, 2.45) is 0 Å². The molecule has 5 heteroatoms. The molecule has 0 saturated carbocycles. The van der Waals surface area contributed by atoms with Gasteiger partial charge in [0.1, 0.15) is 5.69 Å². The van der Waals surface area contributed by atoms with Crippen molar-refractivity contribution in [3.8, 4) is 12.3 Å². The third-order valence-electron chi connectivity index (χ3n) is 2.10. The number of nitro groups is 1. The number of terminal acetylenes is 1. The first-order valence-corrected chi connectivity index (χ1v) is 5.54. The van der Waals surface area contributed by atoms with Gasteiger partial charge in [-0.2, -0.15) is 0 Å². The van der Waals surface area contributed by atoms with E-state index in [2.05, 4.69) is 27.2 Å². The molecule has 1 N–H and O–H groups in total. The lowest BCUT2D eigenvalue weighted by atomic mass is 10.2. The van der Waals surface area contributed by atoms with Crippen molar-refractivity contribution in [3.05, 3.63) is 32.8 Å². The number of benzene rings is 1. The maximum Gasteiger partial charge on any atom is 0.293 e. The number of hydrogen-bond donors (Lipinski definition) is 1. The Bertz CT molecular complexity index is 440. The van der Waals surface area contributed by atoms with E-state index in [0.717, 1.165) is 0 Å². The zero-order chi connectivity index (χ0) is 12.1. The third-order valence-corrected chi connectivity index (χ3v) is 2.59. The molecule has 1 atom stereocenters. The van der Waals surface area contributed by atoms with Crippen molar-refractivity contribution in [2.75, 3.05) is 5.32 Å². The molecule has 0 bridgehead atoms. The summed E-state index contributed by atoms with van der Waals surface area (Å²) in [4.78, 5) is 10.4. The van der Waals surface area contributed by atoms with Crippen LogP contribution in [0, 0.1) is 22.5 Å². The average Bonchev–Trinajstić information content (AvgIpc) is 2.27. The van der Waals surface area contributed by atoms with Gasteiger partial charge < -0.3 is 5.32 Å². The SMILES string of the molecule is C#CC(CC)Nc1ccc(Br)cc1[N+](=O)[O-]. The van der Waals surface area contributed by atoms with E-state index in [0.29, 0.717) is 16.6 Å². The second kappa shape index (κ2) is 5.52. The van der Waals surface area contributed by atoms with E-state index in [1.54, 1.807) is 12.1 Å². The summed E-state index contributed by atoms with van der Waals surface area (Å²) in [5.74, 6) is 2.54. The minimum Gasteiger partial charge on any atom is -0.366 e. The number of anilines is 1. The molecule has 1 aromatic carbocycles. The second-order valence-corrected chi connectivity index (χ2v) is 4.11. The normalized spacial score (nSPS) is 11.6. The van der Waals surface area contributed by atoms with Crippen molar-refractivity contribution >= 4 is 27.3 Å². The van der Waals surface area contributed by atoms with Gasteiger partial charge in [0.15, 0.2) is 0 Å². The summed E-state index contributed by atoms with van der Waals surface area (Å²) in [7, 11) is 0. The monoisotopic (exact) mass is 282 g/mol. The molecule has 16 heavy (non-hydrogen) atoms. The Kier molecular flexibility index (Phi) is 4.32. The molecular formula is C11H11BrN2O2. The molecule has 1 unspecified atom stereocenters. The smallest absolute Gasteiger partial charge is 0.293 e. The zero-order valence-electron chi connectivity index (χ0n) is 8.74. The average molecular weight is 283 g/mol. The van der Waals surface area contributed by atoms with Gasteiger partial charge in [0.2, 0.25) is 0 Å². The number of nitrogens with zero attached hydrogens (tertiary/aromatic N) is 1. The largest absolute Gasteiger partial charge is 0.366 e. The number of rotatable bonds is 4. The molecule has 0 aliphatic heterocycles. The Labute approximate surface area is 102 Å². The minimum atomic E-state index is -0.434. The molecule has 4 nitrogen and oxygen atoms in total. The Hall–Kier alpha value is -1.54. The van der Waals surface area contributed by atoms with Gasteiger partial charge in [-0.1, -0.05) is 28.8 Å². The lowest BCUT2D eigenvalue weighted by molar-refractivity contribution is -0.384. The molecular weight excluding hydrogens is 272 g/mol. The first kappa shape index (κ1) is 12.5. The van der Waals surface area contributed by atoms with Gasteiger partial charge in [-0.15, -0.1) is 6.42 Å². The molecule has 0 aliphatic rings. The predicted molar refractivity (Wildman–Crippen MR) is 67.3 cm³/mol. The molecule has 0 aliphatic carbocycles. The molecule has 84 valence electrons. The first-order chi connectivity index (χ1) is 7.58. The van der Waals surface area contributed by atoms with E-state index in [4.69, 9.17) is 6.42 Å². The van der Waals surface area contributed by atoms with Crippen LogP contribution in [0.4, 0.5) is 11.4 Å². The summed E-state index contributed by atoms with van der Waals surface area (Å²) in [5.41, 5.74) is 0.459. The molecule has 1 aromatic rings. The van der Waals surface area contributed by atoms with E-state index in [1.165, 1.54) is 6.07 Å². The Balaban J connectivity index is 3.04. The number of hydrogen-bond acceptors (Lipinski definition) is 3. The predicted octanol–water partition coefficient (Wildman–Crippen LogP) is 3.18. The first-order valence-electron chi connectivity index (χ1n) is 4.75. The van der Waals surface area contributed by atoms with Crippen LogP contribution < -0.4 is 5.32 Å². The summed E-state index contributed by atoms with van der Waals surface area (Å²) >= 11 is 3.19. The standard InChI is InChI=1S/C11H11BrN2O2/c1-3-9(4-2)13-10-6-5-8(12)7-11(10)14(15)16/h1,5-7,9,13H,4H2,2H3. The fraction of sp³-hybridized carbons (Fsp3) is 0.273. The summed E-state index contributed by atoms with van der Waals surface area (Å²) in [6.45, 7) is 1.92. The highest BCUT2D eigenvalue weighted by atomic mass is 79.9. The van der Waals surface area contributed by atoms with Gasteiger partial charge in [0, 0.05) is 10.5 Å². The highest BCUT2D eigenvalue weighted by molar-refractivity contribution is 9.10. The van der Waals surface area contributed by atoms with Crippen LogP contribution in [0.25, 0.3) is 0 Å². The van der Waals surface area contributed by atoms with Gasteiger partial charge in [-0.05, 0) is 18.6 Å². The Morgan fingerprint density at radius 3 is 2.88 bits per heavy atom. The summed E-state index contributed by atoms with van der Waals surface area (Å²) in [5, 5.41) is 13.8. The Morgan fingerprint density at radius 2 is 2.38 bits per heavy atom. The van der Waals surface area contributed by atoms with Gasteiger partial charge in [-0.25, -0.2) is 0 Å². The van der Waals surface area contributed by atoms with E-state index in [-0.39, 0.29) is 11.7 Å². The molecule has 0 spiro atoms. The summed E-state index contributed by atoms with van der Waals surface area (Å²) in [6.07, 6.45) is 6.01. The lowest BCUT2D eigenvalue weighted by Gasteiger charge is -2.12. The molecule has 1 rings (SSSR count). The quantitative estimate of drug-likeness (QED) is 0.524. The van der Waals surface area contributed by atoms with Gasteiger partial charge >= 0.3 is 0 Å². The van der Waals surface area contributed by atoms with Crippen molar-refractivity contribution in [1.82, 2.24) is 0 Å². The fourth-order valence-electron chi connectivity index (χ4n) is 1.23. The molecule has 0 aromatic heterocycles. The molecule has 0 amide bonds. The molecule has 0 heterocycles. The van der Waals surface area contributed by atoms with Crippen LogP contribution in [0.15, 0.2) is 22.7 Å². The van der Waals surface area contributed by atoms with Crippen LogP contribution in [0.5, 0.6) is 0 Å². The van der Waals surface area contributed by atoms with Crippen molar-refractivity contribution in [1.29, 1.82) is 0 Å². The van der Waals surface area contributed by atoms with Gasteiger partial charge in [0.05, 0.1) is 11.0 Å². The number of nitrogens with one attached hydrogen (secondary N) is 1. The zero-order valence-corrected chi connectivity index (χ0v) is 10.3. The minimum absolute atomic E-state index is 0.0167. The van der Waals surface area contributed by atoms with Crippen molar-refractivity contribution < 1.29 is 4.92 Å². The molecule has 0 saturated heterocycles. The number of nitro benzene ring substituents is 1. The van der Waals surface area contributed by atoms with Gasteiger partial charge in [0.25, 0.3) is 5.69 Å². The van der Waals surface area contributed by atoms with Crippen LogP contribution in [0.1, 0.15) is 13.3 Å². The van der Waals surface area contributed by atoms with Crippen LogP contribution in [0.2, 0.25) is 0 Å². The maximum atomic E-state index is 10.8. The second-order valence-electron chi connectivity index (χ2n) is 3.19. The highest BCUT2D eigenvalue weighted by Crippen LogP contribution is 2.28. The van der Waals surface area contributed by atoms with Gasteiger partial charge in [-0.3, -0.25) is 10.1 Å². The topological polar surface area (TPSA) is 55.2 Å². The third kappa shape index (κ3) is 2.97. The van der Waals surface area contributed by atoms with E-state index in [1.807, 2.05) is 6.92 Å².